The highest BCUT2D eigenvalue weighted by Gasteiger charge is 2.24. The topological polar surface area (TPSA) is 71.1 Å². The standard InChI is InChI=1S/C18H17N3O2/c22-17(10-7-13-4-3-11-19-12-13)21-16-6-2-1-5-15(16)18(23)20-14-8-9-14/h1-7,10-12,14H,8-9H2,(H,20,23)(H,21,22)/b10-7+. The number of benzene rings is 1. The third-order valence-corrected chi connectivity index (χ3v) is 3.45. The summed E-state index contributed by atoms with van der Waals surface area (Å²) in [5, 5.41) is 5.67. The van der Waals surface area contributed by atoms with Crippen LogP contribution in [0, 0.1) is 0 Å². The van der Waals surface area contributed by atoms with E-state index >= 15 is 0 Å². The predicted molar refractivity (Wildman–Crippen MR) is 88.8 cm³/mol. The van der Waals surface area contributed by atoms with E-state index in [4.69, 9.17) is 0 Å². The highest BCUT2D eigenvalue weighted by Crippen LogP contribution is 2.21. The summed E-state index contributed by atoms with van der Waals surface area (Å²) in [6, 6.07) is 10.9. The Hall–Kier alpha value is -2.95. The smallest absolute Gasteiger partial charge is 0.253 e. The van der Waals surface area contributed by atoms with Crippen molar-refractivity contribution in [2.75, 3.05) is 5.32 Å². The number of anilines is 1. The van der Waals surface area contributed by atoms with Gasteiger partial charge in [-0.1, -0.05) is 18.2 Å². The van der Waals surface area contributed by atoms with Crippen molar-refractivity contribution in [3.8, 4) is 0 Å². The lowest BCUT2D eigenvalue weighted by Crippen LogP contribution is -2.26. The van der Waals surface area contributed by atoms with Gasteiger partial charge in [0.2, 0.25) is 5.91 Å². The molecule has 0 radical (unpaired) electrons. The monoisotopic (exact) mass is 307 g/mol. The maximum atomic E-state index is 12.2. The third-order valence-electron chi connectivity index (χ3n) is 3.45. The van der Waals surface area contributed by atoms with E-state index in [0.29, 0.717) is 11.3 Å². The SMILES string of the molecule is O=C(/C=C/c1cccnc1)Nc1ccccc1C(=O)NC1CC1. The molecule has 0 unspecified atom stereocenters. The highest BCUT2D eigenvalue weighted by molar-refractivity contribution is 6.07. The molecule has 0 saturated heterocycles. The Kier molecular flexibility index (Phi) is 4.47. The molecule has 116 valence electrons. The molecule has 2 N–H and O–H groups in total. The summed E-state index contributed by atoms with van der Waals surface area (Å²) in [4.78, 5) is 28.2. The molecular weight excluding hydrogens is 290 g/mol. The van der Waals surface area contributed by atoms with Gasteiger partial charge in [-0.25, -0.2) is 0 Å². The van der Waals surface area contributed by atoms with Gasteiger partial charge in [0.1, 0.15) is 0 Å². The van der Waals surface area contributed by atoms with Crippen molar-refractivity contribution >= 4 is 23.6 Å². The number of carbonyl (C=O) groups excluding carboxylic acids is 2. The van der Waals surface area contributed by atoms with Crippen LogP contribution in [0.4, 0.5) is 5.69 Å². The van der Waals surface area contributed by atoms with E-state index in [0.717, 1.165) is 18.4 Å². The Labute approximate surface area is 134 Å². The second-order valence-corrected chi connectivity index (χ2v) is 5.40. The number of amides is 2. The number of aromatic nitrogens is 1. The molecule has 0 atom stereocenters. The van der Waals surface area contributed by atoms with Crippen LogP contribution >= 0.6 is 0 Å². The largest absolute Gasteiger partial charge is 0.349 e. The van der Waals surface area contributed by atoms with Crippen LogP contribution in [0.25, 0.3) is 6.08 Å². The fourth-order valence-electron chi connectivity index (χ4n) is 2.10. The van der Waals surface area contributed by atoms with Crippen molar-refractivity contribution in [1.82, 2.24) is 10.3 Å². The highest BCUT2D eigenvalue weighted by atomic mass is 16.2. The molecule has 0 aliphatic heterocycles. The van der Waals surface area contributed by atoms with Crippen LogP contribution in [0.15, 0.2) is 54.9 Å². The molecule has 1 aromatic carbocycles. The van der Waals surface area contributed by atoms with Crippen molar-refractivity contribution in [2.24, 2.45) is 0 Å². The van der Waals surface area contributed by atoms with E-state index in [1.807, 2.05) is 6.07 Å². The lowest BCUT2D eigenvalue weighted by molar-refractivity contribution is -0.111. The number of pyridine rings is 1. The van der Waals surface area contributed by atoms with Crippen molar-refractivity contribution in [3.63, 3.8) is 0 Å². The molecule has 1 saturated carbocycles. The van der Waals surface area contributed by atoms with Gasteiger partial charge in [0.25, 0.3) is 5.91 Å². The zero-order valence-corrected chi connectivity index (χ0v) is 12.5. The zero-order valence-electron chi connectivity index (χ0n) is 12.5. The van der Waals surface area contributed by atoms with Crippen LogP contribution < -0.4 is 10.6 Å². The lowest BCUT2D eigenvalue weighted by atomic mass is 10.1. The average Bonchev–Trinajstić information content (AvgIpc) is 3.38. The van der Waals surface area contributed by atoms with Crippen molar-refractivity contribution < 1.29 is 9.59 Å². The minimum Gasteiger partial charge on any atom is -0.349 e. The molecule has 0 spiro atoms. The van der Waals surface area contributed by atoms with E-state index in [1.54, 1.807) is 48.8 Å². The van der Waals surface area contributed by atoms with E-state index < -0.39 is 0 Å². The fourth-order valence-corrected chi connectivity index (χ4v) is 2.10. The van der Waals surface area contributed by atoms with Crippen molar-refractivity contribution in [3.05, 3.63) is 66.0 Å². The predicted octanol–water partition coefficient (Wildman–Crippen LogP) is 2.63. The van der Waals surface area contributed by atoms with Gasteiger partial charge in [0, 0.05) is 24.5 Å². The fraction of sp³-hybridized carbons (Fsp3) is 0.167. The number of para-hydroxylation sites is 1. The summed E-state index contributed by atoms with van der Waals surface area (Å²) in [7, 11) is 0. The lowest BCUT2D eigenvalue weighted by Gasteiger charge is -2.09. The third kappa shape index (κ3) is 4.26. The molecule has 1 aliphatic rings. The van der Waals surface area contributed by atoms with Gasteiger partial charge in [0.05, 0.1) is 11.3 Å². The first-order valence-corrected chi connectivity index (χ1v) is 7.51. The van der Waals surface area contributed by atoms with Gasteiger partial charge in [-0.15, -0.1) is 0 Å². The second-order valence-electron chi connectivity index (χ2n) is 5.40. The summed E-state index contributed by atoms with van der Waals surface area (Å²) in [5.74, 6) is -0.444. The Balaban J connectivity index is 1.68. The van der Waals surface area contributed by atoms with Crippen LogP contribution in [-0.4, -0.2) is 22.8 Å². The molecule has 5 heteroatoms. The van der Waals surface area contributed by atoms with Crippen LogP contribution in [0.2, 0.25) is 0 Å². The molecule has 2 aromatic rings. The molecule has 3 rings (SSSR count). The molecule has 2 amide bonds. The Morgan fingerprint density at radius 3 is 2.70 bits per heavy atom. The van der Waals surface area contributed by atoms with Gasteiger partial charge in [-0.05, 0) is 42.7 Å². The second kappa shape index (κ2) is 6.87. The first-order valence-electron chi connectivity index (χ1n) is 7.51. The molecule has 0 bridgehead atoms. The van der Waals surface area contributed by atoms with Gasteiger partial charge < -0.3 is 10.6 Å². The van der Waals surface area contributed by atoms with E-state index in [2.05, 4.69) is 15.6 Å². The number of carbonyl (C=O) groups is 2. The van der Waals surface area contributed by atoms with Crippen LogP contribution in [-0.2, 0) is 4.79 Å². The summed E-state index contributed by atoms with van der Waals surface area (Å²) in [6.45, 7) is 0. The van der Waals surface area contributed by atoms with E-state index in [9.17, 15) is 9.59 Å². The zero-order chi connectivity index (χ0) is 16.1. The summed E-state index contributed by atoms with van der Waals surface area (Å²) < 4.78 is 0. The Morgan fingerprint density at radius 2 is 1.96 bits per heavy atom. The maximum Gasteiger partial charge on any atom is 0.253 e. The molecule has 1 fully saturated rings. The number of nitrogens with zero attached hydrogens (tertiary/aromatic N) is 1. The minimum absolute atomic E-state index is 0.153. The molecule has 5 nitrogen and oxygen atoms in total. The van der Waals surface area contributed by atoms with Gasteiger partial charge >= 0.3 is 0 Å². The molecule has 23 heavy (non-hydrogen) atoms. The van der Waals surface area contributed by atoms with Crippen molar-refractivity contribution in [2.45, 2.75) is 18.9 Å². The van der Waals surface area contributed by atoms with Gasteiger partial charge in [-0.3, -0.25) is 14.6 Å². The van der Waals surface area contributed by atoms with Crippen LogP contribution in [0.5, 0.6) is 0 Å². The summed E-state index contributed by atoms with van der Waals surface area (Å²) in [6.07, 6.45) is 8.48. The quantitative estimate of drug-likeness (QED) is 0.834. The normalized spacial score (nSPS) is 13.7. The minimum atomic E-state index is -0.291. The Bertz CT molecular complexity index is 737. The van der Waals surface area contributed by atoms with Gasteiger partial charge in [-0.2, -0.15) is 0 Å². The van der Waals surface area contributed by atoms with Crippen LogP contribution in [0.1, 0.15) is 28.8 Å². The number of nitrogens with one attached hydrogen (secondary N) is 2. The van der Waals surface area contributed by atoms with E-state index in [1.165, 1.54) is 6.08 Å². The molecular formula is C18H17N3O2. The summed E-state index contributed by atoms with van der Waals surface area (Å²) >= 11 is 0. The number of hydrogen-bond acceptors (Lipinski definition) is 3. The average molecular weight is 307 g/mol. The first-order chi connectivity index (χ1) is 11.2. The van der Waals surface area contributed by atoms with Crippen molar-refractivity contribution in [1.29, 1.82) is 0 Å². The maximum absolute atomic E-state index is 12.2. The molecule has 1 heterocycles. The first kappa shape index (κ1) is 15.0. The Morgan fingerprint density at radius 1 is 1.13 bits per heavy atom. The summed E-state index contributed by atoms with van der Waals surface area (Å²) in [5.41, 5.74) is 1.82. The molecule has 1 aromatic heterocycles. The van der Waals surface area contributed by atoms with E-state index in [-0.39, 0.29) is 17.9 Å². The number of hydrogen-bond donors (Lipinski definition) is 2. The number of rotatable bonds is 5. The molecule has 1 aliphatic carbocycles. The van der Waals surface area contributed by atoms with Gasteiger partial charge in [0.15, 0.2) is 0 Å². The van der Waals surface area contributed by atoms with Crippen LogP contribution in [0.3, 0.4) is 0 Å².